The first-order chi connectivity index (χ1) is 4.63. The summed E-state index contributed by atoms with van der Waals surface area (Å²) in [7, 11) is 0. The molecule has 0 aromatic heterocycles. The predicted molar refractivity (Wildman–Crippen MR) is 29.9 cm³/mol. The van der Waals surface area contributed by atoms with Crippen molar-refractivity contribution in [2.24, 2.45) is 5.92 Å². The topological polar surface area (TPSA) is 26.3 Å². The molecular formula is C6H8F2O2. The molecule has 0 bridgehead atoms. The third kappa shape index (κ3) is 1.43. The Hall–Kier alpha value is -0.670. The van der Waals surface area contributed by atoms with Crippen LogP contribution in [0.3, 0.4) is 0 Å². The van der Waals surface area contributed by atoms with Crippen molar-refractivity contribution in [2.75, 3.05) is 6.61 Å². The highest BCUT2D eigenvalue weighted by molar-refractivity contribution is 5.65. The monoisotopic (exact) mass is 150 g/mol. The summed E-state index contributed by atoms with van der Waals surface area (Å²) >= 11 is 0. The minimum Gasteiger partial charge on any atom is -0.465 e. The molecule has 0 aromatic rings. The zero-order valence-electron chi connectivity index (χ0n) is 5.51. The second kappa shape index (κ2) is 2.52. The first-order valence-corrected chi connectivity index (χ1v) is 3.04. The van der Waals surface area contributed by atoms with Gasteiger partial charge in [-0.1, -0.05) is 0 Å². The van der Waals surface area contributed by atoms with E-state index in [0.29, 0.717) is 0 Å². The van der Waals surface area contributed by atoms with E-state index in [0.717, 1.165) is 0 Å². The first-order valence-electron chi connectivity index (χ1n) is 3.04. The van der Waals surface area contributed by atoms with Crippen LogP contribution in [0.4, 0.5) is 8.78 Å². The standard InChI is InChI=1S/C6H8F2O2/c1-3(9)10-2-4-5(7)6(4)8/h4-6H,2H2,1H3. The van der Waals surface area contributed by atoms with E-state index in [2.05, 4.69) is 4.74 Å². The molecular weight excluding hydrogens is 142 g/mol. The van der Waals surface area contributed by atoms with Crippen LogP contribution in [-0.4, -0.2) is 24.9 Å². The molecule has 1 rings (SSSR count). The van der Waals surface area contributed by atoms with Crippen LogP contribution in [0.15, 0.2) is 0 Å². The number of alkyl halides is 2. The van der Waals surface area contributed by atoms with Crippen molar-refractivity contribution in [3.05, 3.63) is 0 Å². The fourth-order valence-electron chi connectivity index (χ4n) is 0.690. The van der Waals surface area contributed by atoms with Gasteiger partial charge in [-0.05, 0) is 0 Å². The van der Waals surface area contributed by atoms with Crippen molar-refractivity contribution in [1.82, 2.24) is 0 Å². The number of ether oxygens (including phenoxy) is 1. The first kappa shape index (κ1) is 7.44. The van der Waals surface area contributed by atoms with E-state index < -0.39 is 24.2 Å². The molecule has 0 saturated heterocycles. The fraction of sp³-hybridized carbons (Fsp3) is 0.833. The Labute approximate surface area is 57.2 Å². The van der Waals surface area contributed by atoms with Crippen LogP contribution in [-0.2, 0) is 9.53 Å². The van der Waals surface area contributed by atoms with Gasteiger partial charge in [0, 0.05) is 6.92 Å². The summed E-state index contributed by atoms with van der Waals surface area (Å²) < 4.78 is 28.5. The lowest BCUT2D eigenvalue weighted by molar-refractivity contribution is -0.141. The summed E-state index contributed by atoms with van der Waals surface area (Å²) in [6.07, 6.45) is -2.83. The highest BCUT2D eigenvalue weighted by Gasteiger charge is 2.52. The molecule has 4 heteroatoms. The maximum atomic E-state index is 12.1. The van der Waals surface area contributed by atoms with Gasteiger partial charge in [-0.3, -0.25) is 4.79 Å². The third-order valence-corrected chi connectivity index (χ3v) is 1.46. The Morgan fingerprint density at radius 1 is 1.50 bits per heavy atom. The summed E-state index contributed by atoms with van der Waals surface area (Å²) in [5, 5.41) is 0. The minimum atomic E-state index is -1.42. The van der Waals surface area contributed by atoms with E-state index in [-0.39, 0.29) is 6.61 Å². The van der Waals surface area contributed by atoms with Crippen molar-refractivity contribution in [1.29, 1.82) is 0 Å². The number of esters is 1. The predicted octanol–water partition coefficient (Wildman–Crippen LogP) is 0.856. The largest absolute Gasteiger partial charge is 0.465 e. The average molecular weight is 150 g/mol. The Kier molecular flexibility index (Phi) is 1.87. The second-order valence-corrected chi connectivity index (χ2v) is 2.36. The smallest absolute Gasteiger partial charge is 0.302 e. The Morgan fingerprint density at radius 2 is 2.00 bits per heavy atom. The fourth-order valence-corrected chi connectivity index (χ4v) is 0.690. The van der Waals surface area contributed by atoms with E-state index in [4.69, 9.17) is 0 Å². The van der Waals surface area contributed by atoms with Crippen LogP contribution in [0.25, 0.3) is 0 Å². The summed E-state index contributed by atoms with van der Waals surface area (Å²) in [5.74, 6) is -1.20. The summed E-state index contributed by atoms with van der Waals surface area (Å²) in [6, 6.07) is 0. The Morgan fingerprint density at radius 3 is 2.30 bits per heavy atom. The maximum Gasteiger partial charge on any atom is 0.302 e. The van der Waals surface area contributed by atoms with Crippen molar-refractivity contribution < 1.29 is 18.3 Å². The van der Waals surface area contributed by atoms with E-state index in [1.54, 1.807) is 0 Å². The zero-order chi connectivity index (χ0) is 7.72. The number of carbonyl (C=O) groups is 1. The molecule has 0 heterocycles. The quantitative estimate of drug-likeness (QED) is 0.545. The molecule has 0 aliphatic heterocycles. The van der Waals surface area contributed by atoms with Crippen molar-refractivity contribution >= 4 is 5.97 Å². The molecule has 0 N–H and O–H groups in total. The lowest BCUT2D eigenvalue weighted by atomic mass is 10.4. The van der Waals surface area contributed by atoms with Crippen molar-refractivity contribution in [3.8, 4) is 0 Å². The minimum absolute atomic E-state index is 0.127. The lowest BCUT2D eigenvalue weighted by Crippen LogP contribution is -2.03. The van der Waals surface area contributed by atoms with Crippen LogP contribution < -0.4 is 0 Å². The number of rotatable bonds is 2. The average Bonchev–Trinajstić information content (AvgIpc) is 2.38. The van der Waals surface area contributed by atoms with Crippen LogP contribution >= 0.6 is 0 Å². The van der Waals surface area contributed by atoms with Crippen LogP contribution in [0, 0.1) is 5.92 Å². The molecule has 0 amide bonds. The maximum absolute atomic E-state index is 12.1. The van der Waals surface area contributed by atoms with Crippen LogP contribution in [0.5, 0.6) is 0 Å². The van der Waals surface area contributed by atoms with Crippen LogP contribution in [0.1, 0.15) is 6.92 Å². The van der Waals surface area contributed by atoms with Gasteiger partial charge in [0.2, 0.25) is 0 Å². The molecule has 1 saturated carbocycles. The molecule has 1 aliphatic rings. The third-order valence-electron chi connectivity index (χ3n) is 1.46. The number of carbonyl (C=O) groups excluding carboxylic acids is 1. The molecule has 10 heavy (non-hydrogen) atoms. The number of hydrogen-bond donors (Lipinski definition) is 0. The molecule has 0 aromatic carbocycles. The molecule has 58 valence electrons. The van der Waals surface area contributed by atoms with E-state index in [1.807, 2.05) is 0 Å². The van der Waals surface area contributed by atoms with Gasteiger partial charge in [-0.25, -0.2) is 8.78 Å². The van der Waals surface area contributed by atoms with Gasteiger partial charge in [0.1, 0.15) is 12.3 Å². The van der Waals surface area contributed by atoms with Crippen LogP contribution in [0.2, 0.25) is 0 Å². The highest BCUT2D eigenvalue weighted by Crippen LogP contribution is 2.37. The van der Waals surface area contributed by atoms with Gasteiger partial charge in [0.15, 0.2) is 0 Å². The van der Waals surface area contributed by atoms with E-state index in [1.165, 1.54) is 6.92 Å². The normalized spacial score (nSPS) is 37.3. The Bertz CT molecular complexity index is 141. The summed E-state index contributed by atoms with van der Waals surface area (Å²) in [5.41, 5.74) is 0. The zero-order valence-corrected chi connectivity index (χ0v) is 5.51. The Balaban J connectivity index is 2.11. The van der Waals surface area contributed by atoms with Gasteiger partial charge in [0.25, 0.3) is 0 Å². The summed E-state index contributed by atoms with van der Waals surface area (Å²) in [6.45, 7) is 1.08. The van der Waals surface area contributed by atoms with Gasteiger partial charge in [-0.15, -0.1) is 0 Å². The SMILES string of the molecule is CC(=O)OCC1C(F)C1F. The van der Waals surface area contributed by atoms with Gasteiger partial charge < -0.3 is 4.74 Å². The highest BCUT2D eigenvalue weighted by atomic mass is 19.2. The van der Waals surface area contributed by atoms with Gasteiger partial charge in [-0.2, -0.15) is 0 Å². The second-order valence-electron chi connectivity index (χ2n) is 2.36. The molecule has 2 unspecified atom stereocenters. The molecule has 2 atom stereocenters. The van der Waals surface area contributed by atoms with Crippen molar-refractivity contribution in [2.45, 2.75) is 19.3 Å². The number of halogens is 2. The lowest BCUT2D eigenvalue weighted by Gasteiger charge is -1.96. The van der Waals surface area contributed by atoms with Gasteiger partial charge >= 0.3 is 5.97 Å². The molecule has 1 aliphatic carbocycles. The molecule has 1 fully saturated rings. The number of hydrogen-bond acceptors (Lipinski definition) is 2. The van der Waals surface area contributed by atoms with Gasteiger partial charge in [0.05, 0.1) is 12.5 Å². The summed E-state index contributed by atoms with van der Waals surface area (Å²) in [4.78, 5) is 10.1. The molecule has 0 radical (unpaired) electrons. The van der Waals surface area contributed by atoms with E-state index >= 15 is 0 Å². The van der Waals surface area contributed by atoms with E-state index in [9.17, 15) is 13.6 Å². The molecule has 2 nitrogen and oxygen atoms in total. The molecule has 0 spiro atoms. The van der Waals surface area contributed by atoms with Crippen molar-refractivity contribution in [3.63, 3.8) is 0 Å².